The largest absolute Gasteiger partial charge is 0.491 e. The highest BCUT2D eigenvalue weighted by molar-refractivity contribution is 5.99. The van der Waals surface area contributed by atoms with Crippen molar-refractivity contribution in [1.29, 1.82) is 0 Å². The van der Waals surface area contributed by atoms with Crippen molar-refractivity contribution in [2.24, 2.45) is 5.92 Å². The molecule has 0 saturated heterocycles. The number of halogens is 1. The molecule has 0 spiro atoms. The van der Waals surface area contributed by atoms with Gasteiger partial charge in [-0.3, -0.25) is 4.79 Å². The Hall–Kier alpha value is -3.16. The third-order valence-electron chi connectivity index (χ3n) is 5.18. The maximum atomic E-state index is 14.0. The Balaban J connectivity index is 1.64. The van der Waals surface area contributed by atoms with E-state index in [0.29, 0.717) is 34.9 Å². The number of benzene rings is 1. The fraction of sp³-hybridized carbons (Fsp3) is 0.350. The first-order valence-corrected chi connectivity index (χ1v) is 9.29. The lowest BCUT2D eigenvalue weighted by Crippen LogP contribution is -2.31. The van der Waals surface area contributed by atoms with Gasteiger partial charge in [-0.25, -0.2) is 8.91 Å². The number of hydrogen-bond donors (Lipinski definition) is 0. The fourth-order valence-electron chi connectivity index (χ4n) is 3.48. The lowest BCUT2D eigenvalue weighted by Gasteiger charge is -2.22. The number of carbonyl (C=O) groups excluding carboxylic acids is 1. The number of carbonyl (C=O) groups is 1. The molecule has 3 aromatic rings. The van der Waals surface area contributed by atoms with Crippen molar-refractivity contribution in [2.75, 3.05) is 20.2 Å². The van der Waals surface area contributed by atoms with Crippen molar-refractivity contribution in [3.8, 4) is 11.6 Å². The summed E-state index contributed by atoms with van der Waals surface area (Å²) in [5.74, 6) is 0.690. The molecule has 28 heavy (non-hydrogen) atoms. The van der Waals surface area contributed by atoms with E-state index in [0.717, 1.165) is 12.8 Å². The minimum absolute atomic E-state index is 0.194. The predicted octanol–water partition coefficient (Wildman–Crippen LogP) is 2.86. The quantitative estimate of drug-likeness (QED) is 0.647. The normalized spacial score (nSPS) is 20.0. The van der Waals surface area contributed by atoms with Gasteiger partial charge in [0, 0.05) is 30.8 Å². The molecule has 144 valence electrons. The Kier molecular flexibility index (Phi) is 3.92. The van der Waals surface area contributed by atoms with E-state index in [1.165, 1.54) is 18.3 Å². The van der Waals surface area contributed by atoms with Crippen LogP contribution in [0.5, 0.6) is 11.6 Å². The lowest BCUT2D eigenvalue weighted by molar-refractivity contribution is 0.0774. The van der Waals surface area contributed by atoms with Crippen molar-refractivity contribution < 1.29 is 18.7 Å². The van der Waals surface area contributed by atoms with Crippen LogP contribution >= 0.6 is 0 Å². The maximum absolute atomic E-state index is 14.0. The van der Waals surface area contributed by atoms with Crippen LogP contribution in [0.25, 0.3) is 5.65 Å². The van der Waals surface area contributed by atoms with Crippen molar-refractivity contribution >= 4 is 11.6 Å². The average Bonchev–Trinajstić information content (AvgIpc) is 3.45. The van der Waals surface area contributed by atoms with Crippen molar-refractivity contribution in [3.05, 3.63) is 53.6 Å². The zero-order valence-corrected chi connectivity index (χ0v) is 15.3. The van der Waals surface area contributed by atoms with Crippen LogP contribution in [0.1, 0.15) is 34.9 Å². The van der Waals surface area contributed by atoms with E-state index in [9.17, 15) is 9.18 Å². The summed E-state index contributed by atoms with van der Waals surface area (Å²) in [7, 11) is 1.70. The molecular weight excluding hydrogens is 363 g/mol. The van der Waals surface area contributed by atoms with Gasteiger partial charge in [0.1, 0.15) is 29.8 Å². The van der Waals surface area contributed by atoms with Gasteiger partial charge in [0.2, 0.25) is 5.88 Å². The van der Waals surface area contributed by atoms with E-state index in [1.54, 1.807) is 34.8 Å². The van der Waals surface area contributed by atoms with Gasteiger partial charge in [-0.1, -0.05) is 0 Å². The monoisotopic (exact) mass is 382 g/mol. The third-order valence-corrected chi connectivity index (χ3v) is 5.18. The molecular formula is C20H19FN4O3. The van der Waals surface area contributed by atoms with Crippen molar-refractivity contribution in [2.45, 2.75) is 18.9 Å². The number of hydrogen-bond acceptors (Lipinski definition) is 5. The molecule has 1 saturated carbocycles. The molecule has 0 unspecified atom stereocenters. The molecule has 1 atom stereocenters. The summed E-state index contributed by atoms with van der Waals surface area (Å²) in [6.07, 6.45) is 4.86. The highest BCUT2D eigenvalue weighted by Crippen LogP contribution is 2.46. The van der Waals surface area contributed by atoms with Crippen LogP contribution in [0.15, 0.2) is 36.7 Å². The molecule has 1 aliphatic heterocycles. The first-order chi connectivity index (χ1) is 13.6. The number of fused-ring (bicyclic) bond motifs is 2. The van der Waals surface area contributed by atoms with Crippen molar-refractivity contribution in [3.63, 3.8) is 0 Å². The molecule has 1 aliphatic carbocycles. The van der Waals surface area contributed by atoms with Gasteiger partial charge in [0.15, 0.2) is 5.65 Å². The van der Waals surface area contributed by atoms with Crippen LogP contribution in [0, 0.1) is 11.7 Å². The zero-order chi connectivity index (χ0) is 19.3. The first-order valence-electron chi connectivity index (χ1n) is 9.29. The minimum atomic E-state index is -0.360. The molecule has 3 heterocycles. The lowest BCUT2D eigenvalue weighted by atomic mass is 10.0. The van der Waals surface area contributed by atoms with Crippen LogP contribution in [0.4, 0.5) is 4.39 Å². The standard InChI is InChI=1S/C20H19FN4O3/c1-24-8-9-27-16-5-4-13(21)10-14(16)18(12-2-3-12)28-17-6-7-25-19(23-17)15(11-22-25)20(24)26/h4-7,10-12,18H,2-3,8-9H2,1H3/t18-/m0/s1. The molecule has 8 heteroatoms. The van der Waals surface area contributed by atoms with Crippen LogP contribution < -0.4 is 9.47 Å². The summed E-state index contributed by atoms with van der Waals surface area (Å²) in [6, 6.07) is 6.16. The van der Waals surface area contributed by atoms with E-state index in [4.69, 9.17) is 9.47 Å². The third kappa shape index (κ3) is 2.94. The molecule has 0 radical (unpaired) electrons. The Morgan fingerprint density at radius 1 is 1.25 bits per heavy atom. The van der Waals surface area contributed by atoms with Gasteiger partial charge in [-0.05, 0) is 31.0 Å². The highest BCUT2D eigenvalue weighted by Gasteiger charge is 2.37. The van der Waals surface area contributed by atoms with Gasteiger partial charge >= 0.3 is 0 Å². The fourth-order valence-corrected chi connectivity index (χ4v) is 3.48. The molecule has 1 fully saturated rings. The number of rotatable bonds is 1. The van der Waals surface area contributed by atoms with E-state index in [1.807, 2.05) is 0 Å². The smallest absolute Gasteiger partial charge is 0.259 e. The average molecular weight is 382 g/mol. The highest BCUT2D eigenvalue weighted by atomic mass is 19.1. The van der Waals surface area contributed by atoms with E-state index < -0.39 is 0 Å². The molecule has 7 nitrogen and oxygen atoms in total. The summed E-state index contributed by atoms with van der Waals surface area (Å²) in [6.45, 7) is 0.662. The summed E-state index contributed by atoms with van der Waals surface area (Å²) in [5.41, 5.74) is 1.51. The van der Waals surface area contributed by atoms with E-state index in [-0.39, 0.29) is 30.4 Å². The second kappa shape index (κ2) is 6.47. The number of likely N-dealkylation sites (N-methyl/N-ethyl adjacent to an activating group) is 1. The minimum Gasteiger partial charge on any atom is -0.491 e. The summed E-state index contributed by atoms with van der Waals surface area (Å²) in [5, 5.41) is 4.20. The second-order valence-corrected chi connectivity index (χ2v) is 7.23. The molecule has 1 amide bonds. The van der Waals surface area contributed by atoms with Gasteiger partial charge in [-0.2, -0.15) is 10.1 Å². The van der Waals surface area contributed by atoms with E-state index >= 15 is 0 Å². The summed E-state index contributed by atoms with van der Waals surface area (Å²) < 4.78 is 27.7. The molecule has 1 aromatic carbocycles. The molecule has 2 aromatic heterocycles. The zero-order valence-electron chi connectivity index (χ0n) is 15.3. The first kappa shape index (κ1) is 17.0. The predicted molar refractivity (Wildman–Crippen MR) is 97.9 cm³/mol. The SMILES string of the molecule is CN1CCOc2ccc(F)cc2[C@H](C2CC2)Oc2ccn3ncc(c3n2)C1=O. The van der Waals surface area contributed by atoms with Crippen LogP contribution in [-0.4, -0.2) is 45.6 Å². The van der Waals surface area contributed by atoms with Crippen LogP contribution in [-0.2, 0) is 0 Å². The Labute approximate surface area is 160 Å². The number of aromatic nitrogens is 3. The topological polar surface area (TPSA) is 69.0 Å². The van der Waals surface area contributed by atoms with Crippen LogP contribution in [0.3, 0.4) is 0 Å². The number of amides is 1. The molecule has 2 aliphatic rings. The summed E-state index contributed by atoms with van der Waals surface area (Å²) in [4.78, 5) is 18.9. The van der Waals surface area contributed by atoms with E-state index in [2.05, 4.69) is 10.1 Å². The van der Waals surface area contributed by atoms with Gasteiger partial charge in [0.05, 0.1) is 12.7 Å². The Bertz CT molecular complexity index is 1060. The summed E-state index contributed by atoms with van der Waals surface area (Å²) >= 11 is 0. The second-order valence-electron chi connectivity index (χ2n) is 7.23. The number of ether oxygens (including phenoxy) is 2. The Morgan fingerprint density at radius 2 is 2.11 bits per heavy atom. The molecule has 0 N–H and O–H groups in total. The molecule has 5 rings (SSSR count). The van der Waals surface area contributed by atoms with Gasteiger partial charge < -0.3 is 14.4 Å². The van der Waals surface area contributed by atoms with Gasteiger partial charge in [-0.15, -0.1) is 0 Å². The Morgan fingerprint density at radius 3 is 2.93 bits per heavy atom. The number of nitrogens with zero attached hydrogens (tertiary/aromatic N) is 4. The van der Waals surface area contributed by atoms with Crippen LogP contribution in [0.2, 0.25) is 0 Å². The van der Waals surface area contributed by atoms with Gasteiger partial charge in [0.25, 0.3) is 5.91 Å². The maximum Gasteiger partial charge on any atom is 0.259 e. The van der Waals surface area contributed by atoms with Crippen molar-refractivity contribution in [1.82, 2.24) is 19.5 Å². The molecule has 2 bridgehead atoms.